The van der Waals surface area contributed by atoms with Crippen molar-refractivity contribution in [2.45, 2.75) is 161 Å². The fourth-order valence-electron chi connectivity index (χ4n) is 4.44. The standard InChI is InChI=1S/C32H56O7/c1-3-5-7-9-11-13-15-17-19-21-28(33)23-24-29(39-32(37)26-25-30(34)35)27-38-31(36)22-20-18-16-14-12-10-8-6-4-2/h25-26,29H,3-24,27H2,1-2H3,(H,34,35)/b26-25+. The number of Topliss-reactive ketones (excluding diaryl/α,β-unsaturated/α-hetero) is 1. The van der Waals surface area contributed by atoms with Gasteiger partial charge in [-0.15, -0.1) is 0 Å². The molecule has 0 bridgehead atoms. The Bertz CT molecular complexity index is 633. The number of esters is 2. The molecule has 0 aliphatic carbocycles. The van der Waals surface area contributed by atoms with E-state index < -0.39 is 18.0 Å². The Morgan fingerprint density at radius 2 is 1.08 bits per heavy atom. The van der Waals surface area contributed by atoms with Gasteiger partial charge in [0.25, 0.3) is 0 Å². The van der Waals surface area contributed by atoms with Gasteiger partial charge in [0.2, 0.25) is 0 Å². The van der Waals surface area contributed by atoms with Crippen molar-refractivity contribution in [3.8, 4) is 0 Å². The molecule has 226 valence electrons. The lowest BCUT2D eigenvalue weighted by Crippen LogP contribution is -2.25. The Kier molecular flexibility index (Phi) is 25.9. The Morgan fingerprint density at radius 1 is 0.615 bits per heavy atom. The number of rotatable bonds is 28. The predicted molar refractivity (Wildman–Crippen MR) is 156 cm³/mol. The molecule has 0 aliphatic rings. The average molecular weight is 553 g/mol. The van der Waals surface area contributed by atoms with E-state index in [2.05, 4.69) is 13.8 Å². The van der Waals surface area contributed by atoms with Crippen molar-refractivity contribution in [2.24, 2.45) is 0 Å². The van der Waals surface area contributed by atoms with Crippen molar-refractivity contribution in [3.63, 3.8) is 0 Å². The monoisotopic (exact) mass is 552 g/mol. The van der Waals surface area contributed by atoms with Gasteiger partial charge in [0.05, 0.1) is 0 Å². The van der Waals surface area contributed by atoms with E-state index in [-0.39, 0.29) is 31.2 Å². The summed E-state index contributed by atoms with van der Waals surface area (Å²) < 4.78 is 10.6. The van der Waals surface area contributed by atoms with Crippen molar-refractivity contribution in [3.05, 3.63) is 12.2 Å². The molecule has 1 N–H and O–H groups in total. The molecule has 0 spiro atoms. The van der Waals surface area contributed by atoms with Crippen molar-refractivity contribution in [2.75, 3.05) is 6.61 Å². The molecule has 1 unspecified atom stereocenters. The van der Waals surface area contributed by atoms with Gasteiger partial charge in [-0.05, 0) is 19.3 Å². The second-order valence-electron chi connectivity index (χ2n) is 10.6. The number of hydrogen-bond acceptors (Lipinski definition) is 6. The molecular weight excluding hydrogens is 496 g/mol. The van der Waals surface area contributed by atoms with Crippen LogP contribution in [0.25, 0.3) is 0 Å². The van der Waals surface area contributed by atoms with Gasteiger partial charge in [0.15, 0.2) is 0 Å². The predicted octanol–water partition coefficient (Wildman–Crippen LogP) is 8.27. The Hall–Kier alpha value is -2.18. The number of carbonyl (C=O) groups excluding carboxylic acids is 3. The summed E-state index contributed by atoms with van der Waals surface area (Å²) in [4.78, 5) is 47.1. The minimum atomic E-state index is -1.26. The van der Waals surface area contributed by atoms with Crippen LogP contribution in [0.5, 0.6) is 0 Å². The van der Waals surface area contributed by atoms with Crippen LogP contribution in [-0.2, 0) is 28.7 Å². The highest BCUT2D eigenvalue weighted by Crippen LogP contribution is 2.14. The summed E-state index contributed by atoms with van der Waals surface area (Å²) in [7, 11) is 0. The van der Waals surface area contributed by atoms with Gasteiger partial charge in [-0.25, -0.2) is 9.59 Å². The first-order valence-electron chi connectivity index (χ1n) is 15.7. The molecule has 0 aromatic rings. The summed E-state index contributed by atoms with van der Waals surface area (Å²) in [5.74, 6) is -2.34. The molecule has 7 nitrogen and oxygen atoms in total. The summed E-state index contributed by atoms with van der Waals surface area (Å²) in [6.45, 7) is 4.29. The van der Waals surface area contributed by atoms with Crippen LogP contribution in [-0.4, -0.2) is 41.5 Å². The van der Waals surface area contributed by atoms with Crippen LogP contribution in [0.1, 0.15) is 155 Å². The van der Waals surface area contributed by atoms with Gasteiger partial charge >= 0.3 is 17.9 Å². The summed E-state index contributed by atoms with van der Waals surface area (Å²) in [5, 5.41) is 8.71. The molecule has 7 heteroatoms. The Balaban J connectivity index is 4.26. The molecule has 0 saturated carbocycles. The Labute approximate surface area is 237 Å². The smallest absolute Gasteiger partial charge is 0.331 e. The van der Waals surface area contributed by atoms with E-state index in [4.69, 9.17) is 14.6 Å². The van der Waals surface area contributed by atoms with E-state index in [1.54, 1.807) is 0 Å². The van der Waals surface area contributed by atoms with E-state index in [0.29, 0.717) is 18.9 Å². The molecule has 0 aliphatic heterocycles. The van der Waals surface area contributed by atoms with Crippen LogP contribution >= 0.6 is 0 Å². The van der Waals surface area contributed by atoms with Gasteiger partial charge < -0.3 is 14.6 Å². The van der Waals surface area contributed by atoms with Crippen LogP contribution in [0, 0.1) is 0 Å². The molecule has 0 saturated heterocycles. The van der Waals surface area contributed by atoms with E-state index >= 15 is 0 Å². The second-order valence-corrected chi connectivity index (χ2v) is 10.6. The minimum absolute atomic E-state index is 0.0982. The first-order chi connectivity index (χ1) is 18.9. The highest BCUT2D eigenvalue weighted by Gasteiger charge is 2.18. The largest absolute Gasteiger partial charge is 0.478 e. The lowest BCUT2D eigenvalue weighted by molar-refractivity contribution is -0.156. The molecule has 0 aromatic carbocycles. The lowest BCUT2D eigenvalue weighted by atomic mass is 10.0. The van der Waals surface area contributed by atoms with E-state index in [1.807, 2.05) is 0 Å². The first kappa shape index (κ1) is 36.8. The third-order valence-corrected chi connectivity index (χ3v) is 6.86. The van der Waals surface area contributed by atoms with Crippen LogP contribution < -0.4 is 0 Å². The SMILES string of the molecule is CCCCCCCCCCCC(=O)CCC(COC(=O)CCCCCCCCCCC)OC(=O)/C=C/C(=O)O. The zero-order chi connectivity index (χ0) is 29.0. The first-order valence-corrected chi connectivity index (χ1v) is 15.7. The van der Waals surface area contributed by atoms with Gasteiger partial charge in [-0.1, -0.05) is 117 Å². The van der Waals surface area contributed by atoms with Crippen molar-refractivity contribution >= 4 is 23.7 Å². The number of carboxylic acids is 1. The number of hydrogen-bond donors (Lipinski definition) is 1. The highest BCUT2D eigenvalue weighted by molar-refractivity contribution is 5.90. The lowest BCUT2D eigenvalue weighted by Gasteiger charge is -2.17. The average Bonchev–Trinajstić information content (AvgIpc) is 2.91. The van der Waals surface area contributed by atoms with Gasteiger partial charge in [0.1, 0.15) is 18.5 Å². The van der Waals surface area contributed by atoms with Gasteiger partial charge in [-0.2, -0.15) is 0 Å². The number of carbonyl (C=O) groups is 4. The quantitative estimate of drug-likeness (QED) is 0.0591. The number of unbranched alkanes of at least 4 members (excludes halogenated alkanes) is 16. The van der Waals surface area contributed by atoms with Crippen LogP contribution in [0.2, 0.25) is 0 Å². The van der Waals surface area contributed by atoms with Crippen LogP contribution in [0.15, 0.2) is 12.2 Å². The molecule has 0 aromatic heterocycles. The maximum Gasteiger partial charge on any atom is 0.331 e. The van der Waals surface area contributed by atoms with Crippen LogP contribution in [0.3, 0.4) is 0 Å². The zero-order valence-corrected chi connectivity index (χ0v) is 24.9. The molecule has 1 atom stereocenters. The number of ether oxygens (including phenoxy) is 2. The third-order valence-electron chi connectivity index (χ3n) is 6.86. The highest BCUT2D eigenvalue weighted by atomic mass is 16.6. The maximum atomic E-state index is 12.4. The molecular formula is C32H56O7. The van der Waals surface area contributed by atoms with E-state index in [9.17, 15) is 19.2 Å². The Morgan fingerprint density at radius 3 is 1.56 bits per heavy atom. The molecule has 39 heavy (non-hydrogen) atoms. The number of ketones is 1. The van der Waals surface area contributed by atoms with E-state index in [0.717, 1.165) is 44.6 Å². The summed E-state index contributed by atoms with van der Waals surface area (Å²) >= 11 is 0. The van der Waals surface area contributed by atoms with Crippen LogP contribution in [0.4, 0.5) is 0 Å². The molecule has 0 radical (unpaired) electrons. The number of aliphatic carboxylic acids is 1. The normalized spacial score (nSPS) is 11.9. The fraction of sp³-hybridized carbons (Fsp3) is 0.812. The van der Waals surface area contributed by atoms with Gasteiger partial charge in [0, 0.05) is 31.4 Å². The molecule has 0 heterocycles. The molecule has 0 amide bonds. The van der Waals surface area contributed by atoms with E-state index in [1.165, 1.54) is 77.0 Å². The van der Waals surface area contributed by atoms with Crippen molar-refractivity contribution in [1.29, 1.82) is 0 Å². The third kappa shape index (κ3) is 27.2. The van der Waals surface area contributed by atoms with Gasteiger partial charge in [-0.3, -0.25) is 9.59 Å². The topological polar surface area (TPSA) is 107 Å². The molecule has 0 fully saturated rings. The number of carboxylic acid groups (broad SMARTS) is 1. The summed E-state index contributed by atoms with van der Waals surface area (Å²) in [5.41, 5.74) is 0. The summed E-state index contributed by atoms with van der Waals surface area (Å²) in [6.07, 6.45) is 23.1. The molecule has 0 rings (SSSR count). The summed E-state index contributed by atoms with van der Waals surface area (Å²) in [6, 6.07) is 0. The fourth-order valence-corrected chi connectivity index (χ4v) is 4.44. The van der Waals surface area contributed by atoms with Crippen molar-refractivity contribution < 1.29 is 33.8 Å². The zero-order valence-electron chi connectivity index (χ0n) is 24.9. The second kappa shape index (κ2) is 27.4. The van der Waals surface area contributed by atoms with Crippen molar-refractivity contribution in [1.82, 2.24) is 0 Å². The maximum absolute atomic E-state index is 12.4. The minimum Gasteiger partial charge on any atom is -0.478 e.